The predicted octanol–water partition coefficient (Wildman–Crippen LogP) is 1.89. The number of benzene rings is 1. The summed E-state index contributed by atoms with van der Waals surface area (Å²) in [6.07, 6.45) is 0. The smallest absolute Gasteiger partial charge is 0.151 e. The first-order valence-electron chi connectivity index (χ1n) is 6.14. The van der Waals surface area contributed by atoms with E-state index in [1.807, 2.05) is 25.1 Å². The lowest BCUT2D eigenvalue weighted by Crippen LogP contribution is -2.25. The second-order valence-corrected chi connectivity index (χ2v) is 8.18. The first-order chi connectivity index (χ1) is 8.52. The minimum absolute atomic E-state index is 0.0410. The third kappa shape index (κ3) is 3.28. The number of thioether (sulfide) groups is 1. The molecule has 1 aliphatic heterocycles. The fourth-order valence-corrected chi connectivity index (χ4v) is 5.70. The minimum Gasteiger partial charge on any atom is -0.330 e. The lowest BCUT2D eigenvalue weighted by atomic mass is 10.0. The van der Waals surface area contributed by atoms with Crippen LogP contribution in [-0.4, -0.2) is 32.2 Å². The first-order valence-corrected chi connectivity index (χ1v) is 8.95. The van der Waals surface area contributed by atoms with Gasteiger partial charge in [-0.15, -0.1) is 11.8 Å². The van der Waals surface area contributed by atoms with Gasteiger partial charge in [0.2, 0.25) is 0 Å². The molecule has 3 nitrogen and oxygen atoms in total. The maximum Gasteiger partial charge on any atom is 0.151 e. The molecule has 0 aliphatic carbocycles. The van der Waals surface area contributed by atoms with Gasteiger partial charge in [0.25, 0.3) is 0 Å². The molecule has 2 unspecified atom stereocenters. The van der Waals surface area contributed by atoms with Gasteiger partial charge in [-0.2, -0.15) is 0 Å². The van der Waals surface area contributed by atoms with Crippen molar-refractivity contribution in [3.8, 4) is 0 Å². The molecule has 100 valence electrons. The molecule has 2 N–H and O–H groups in total. The fraction of sp³-hybridized carbons (Fsp3) is 0.538. The summed E-state index contributed by atoms with van der Waals surface area (Å²) >= 11 is 1.75. The normalized spacial score (nSPS) is 20.7. The van der Waals surface area contributed by atoms with Gasteiger partial charge in [0, 0.05) is 16.6 Å². The molecule has 0 bridgehead atoms. The van der Waals surface area contributed by atoms with Crippen molar-refractivity contribution in [1.29, 1.82) is 0 Å². The molecule has 1 heterocycles. The Hall–Kier alpha value is -0.520. The zero-order chi connectivity index (χ0) is 13.2. The summed E-state index contributed by atoms with van der Waals surface area (Å²) < 4.78 is 24.2. The first kappa shape index (κ1) is 13.9. The van der Waals surface area contributed by atoms with Crippen molar-refractivity contribution >= 4 is 21.6 Å². The number of hydrogen-bond acceptors (Lipinski definition) is 4. The molecular formula is C13H19NO2S2. The van der Waals surface area contributed by atoms with E-state index in [0.717, 1.165) is 5.75 Å². The van der Waals surface area contributed by atoms with Crippen molar-refractivity contribution in [2.75, 3.05) is 23.8 Å². The standard InChI is InChI=1S/C13H19NO2S2/c1-10(6-14)8-18(15,16)9-11-7-17-13-5-3-2-4-12(11)13/h2-5,10-11H,6-9,14H2,1H3. The van der Waals surface area contributed by atoms with E-state index in [2.05, 4.69) is 6.07 Å². The van der Waals surface area contributed by atoms with E-state index in [0.29, 0.717) is 6.54 Å². The highest BCUT2D eigenvalue weighted by Crippen LogP contribution is 2.39. The molecular weight excluding hydrogens is 266 g/mol. The molecule has 5 heteroatoms. The Morgan fingerprint density at radius 3 is 2.89 bits per heavy atom. The van der Waals surface area contributed by atoms with E-state index >= 15 is 0 Å². The van der Waals surface area contributed by atoms with Crippen molar-refractivity contribution < 1.29 is 8.42 Å². The van der Waals surface area contributed by atoms with Crippen LogP contribution in [0.15, 0.2) is 29.2 Å². The van der Waals surface area contributed by atoms with E-state index in [1.54, 1.807) is 11.8 Å². The van der Waals surface area contributed by atoms with E-state index < -0.39 is 9.84 Å². The zero-order valence-electron chi connectivity index (χ0n) is 10.5. The van der Waals surface area contributed by atoms with Gasteiger partial charge in [0.05, 0.1) is 11.5 Å². The van der Waals surface area contributed by atoms with Crippen LogP contribution in [0.4, 0.5) is 0 Å². The summed E-state index contributed by atoms with van der Waals surface area (Å²) in [5, 5.41) is 0. The van der Waals surface area contributed by atoms with Crippen molar-refractivity contribution in [2.45, 2.75) is 17.7 Å². The Labute approximate surface area is 113 Å². The lowest BCUT2D eigenvalue weighted by molar-refractivity contribution is 0.569. The summed E-state index contributed by atoms with van der Waals surface area (Å²) in [6, 6.07) is 8.09. The van der Waals surface area contributed by atoms with Crippen LogP contribution in [0.2, 0.25) is 0 Å². The van der Waals surface area contributed by atoms with Crippen LogP contribution in [0, 0.1) is 5.92 Å². The Balaban J connectivity index is 2.08. The molecule has 0 spiro atoms. The second kappa shape index (κ2) is 5.63. The molecule has 1 aromatic carbocycles. The third-order valence-corrected chi connectivity index (χ3v) is 6.43. The predicted molar refractivity (Wildman–Crippen MR) is 76.8 cm³/mol. The molecule has 1 aliphatic rings. The molecule has 2 rings (SSSR count). The Morgan fingerprint density at radius 1 is 1.44 bits per heavy atom. The second-order valence-electron chi connectivity index (χ2n) is 4.96. The third-order valence-electron chi connectivity index (χ3n) is 3.19. The van der Waals surface area contributed by atoms with Crippen LogP contribution in [0.25, 0.3) is 0 Å². The number of nitrogens with two attached hydrogens (primary N) is 1. The quantitative estimate of drug-likeness (QED) is 0.897. The molecule has 18 heavy (non-hydrogen) atoms. The number of sulfone groups is 1. The minimum atomic E-state index is -3.01. The topological polar surface area (TPSA) is 60.2 Å². The Kier molecular flexibility index (Phi) is 4.35. The molecule has 2 atom stereocenters. The number of hydrogen-bond donors (Lipinski definition) is 1. The largest absolute Gasteiger partial charge is 0.330 e. The van der Waals surface area contributed by atoms with Gasteiger partial charge in [-0.1, -0.05) is 25.1 Å². The lowest BCUT2D eigenvalue weighted by Gasteiger charge is -2.14. The maximum absolute atomic E-state index is 12.1. The SMILES string of the molecule is CC(CN)CS(=O)(=O)CC1CSc2ccccc21. The molecule has 1 aromatic rings. The summed E-state index contributed by atoms with van der Waals surface area (Å²) in [4.78, 5) is 1.23. The van der Waals surface area contributed by atoms with E-state index in [1.165, 1.54) is 10.5 Å². The van der Waals surface area contributed by atoms with Crippen LogP contribution in [0.1, 0.15) is 18.4 Å². The molecule has 0 aromatic heterocycles. The van der Waals surface area contributed by atoms with Gasteiger partial charge in [0.1, 0.15) is 0 Å². The van der Waals surface area contributed by atoms with Gasteiger partial charge in [-0.05, 0) is 24.1 Å². The summed E-state index contributed by atoms with van der Waals surface area (Å²) in [5.74, 6) is 1.50. The van der Waals surface area contributed by atoms with Gasteiger partial charge in [-0.3, -0.25) is 0 Å². The average Bonchev–Trinajstić information content (AvgIpc) is 2.71. The van der Waals surface area contributed by atoms with Gasteiger partial charge in [-0.25, -0.2) is 8.42 Å². The van der Waals surface area contributed by atoms with Crippen LogP contribution < -0.4 is 5.73 Å². The van der Waals surface area contributed by atoms with Crippen LogP contribution in [-0.2, 0) is 9.84 Å². The number of fused-ring (bicyclic) bond motifs is 1. The Morgan fingerprint density at radius 2 is 2.17 bits per heavy atom. The molecule has 0 saturated heterocycles. The maximum atomic E-state index is 12.1. The number of rotatable bonds is 5. The van der Waals surface area contributed by atoms with Crippen LogP contribution >= 0.6 is 11.8 Å². The van der Waals surface area contributed by atoms with Crippen molar-refractivity contribution in [3.63, 3.8) is 0 Å². The highest BCUT2D eigenvalue weighted by molar-refractivity contribution is 7.99. The molecule has 0 amide bonds. The zero-order valence-corrected chi connectivity index (χ0v) is 12.1. The summed E-state index contributed by atoms with van der Waals surface area (Å²) in [6.45, 7) is 2.31. The molecule has 0 saturated carbocycles. The van der Waals surface area contributed by atoms with Crippen molar-refractivity contribution in [2.24, 2.45) is 11.7 Å². The highest BCUT2D eigenvalue weighted by Gasteiger charge is 2.28. The molecule has 0 radical (unpaired) electrons. The van der Waals surface area contributed by atoms with E-state index in [9.17, 15) is 8.42 Å². The summed E-state index contributed by atoms with van der Waals surface area (Å²) in [7, 11) is -3.01. The van der Waals surface area contributed by atoms with E-state index in [-0.39, 0.29) is 23.3 Å². The monoisotopic (exact) mass is 285 g/mol. The molecule has 0 fully saturated rings. The van der Waals surface area contributed by atoms with Gasteiger partial charge in [0.15, 0.2) is 9.84 Å². The summed E-state index contributed by atoms with van der Waals surface area (Å²) in [5.41, 5.74) is 6.68. The van der Waals surface area contributed by atoms with Crippen molar-refractivity contribution in [1.82, 2.24) is 0 Å². The Bertz CT molecular complexity index is 513. The van der Waals surface area contributed by atoms with Gasteiger partial charge < -0.3 is 5.73 Å². The van der Waals surface area contributed by atoms with Crippen molar-refractivity contribution in [3.05, 3.63) is 29.8 Å². The average molecular weight is 285 g/mol. The van der Waals surface area contributed by atoms with Crippen LogP contribution in [0.5, 0.6) is 0 Å². The van der Waals surface area contributed by atoms with Gasteiger partial charge >= 0.3 is 0 Å². The highest BCUT2D eigenvalue weighted by atomic mass is 32.2. The van der Waals surface area contributed by atoms with E-state index in [4.69, 9.17) is 5.73 Å². The van der Waals surface area contributed by atoms with Crippen LogP contribution in [0.3, 0.4) is 0 Å². The fourth-order valence-electron chi connectivity index (χ4n) is 2.24.